The standard InChI is InChI=1S/C27H23N3O3/c1-3-16-29-24-11-7-5-8-20(24)22(26(29)31)17-25-28-23-10-6-4-9-21(23)27(32)30(25)18-12-14-19(33-2)15-13-18/h4-15,17H,3,16H2,1-2H3/b22-17-. The number of nitrogens with zero attached hydrogens (tertiary/aromatic N) is 3. The number of carbonyl (C=O) groups is 1. The van der Waals surface area contributed by atoms with Crippen molar-refractivity contribution >= 4 is 34.1 Å². The second-order valence-electron chi connectivity index (χ2n) is 7.86. The van der Waals surface area contributed by atoms with Gasteiger partial charge in [-0.3, -0.25) is 14.2 Å². The summed E-state index contributed by atoms with van der Waals surface area (Å²) >= 11 is 0. The molecule has 0 saturated heterocycles. The third-order valence-electron chi connectivity index (χ3n) is 5.81. The Bertz CT molecular complexity index is 1450. The molecule has 3 aromatic carbocycles. The fraction of sp³-hybridized carbons (Fsp3) is 0.148. The van der Waals surface area contributed by atoms with Gasteiger partial charge in [0.25, 0.3) is 11.5 Å². The van der Waals surface area contributed by atoms with Gasteiger partial charge in [-0.25, -0.2) is 4.98 Å². The summed E-state index contributed by atoms with van der Waals surface area (Å²) in [7, 11) is 1.60. The number of fused-ring (bicyclic) bond motifs is 2. The minimum absolute atomic E-state index is 0.0817. The smallest absolute Gasteiger partial charge is 0.266 e. The molecule has 1 aliphatic rings. The lowest BCUT2D eigenvalue weighted by molar-refractivity contribution is -0.113. The largest absolute Gasteiger partial charge is 0.497 e. The van der Waals surface area contributed by atoms with Crippen molar-refractivity contribution in [3.63, 3.8) is 0 Å². The van der Waals surface area contributed by atoms with Crippen LogP contribution in [0.4, 0.5) is 5.69 Å². The number of hydrogen-bond donors (Lipinski definition) is 0. The Morgan fingerprint density at radius 1 is 0.939 bits per heavy atom. The van der Waals surface area contributed by atoms with Crippen molar-refractivity contribution in [1.82, 2.24) is 9.55 Å². The molecular weight excluding hydrogens is 414 g/mol. The molecule has 0 spiro atoms. The molecule has 4 aromatic rings. The Morgan fingerprint density at radius 2 is 1.67 bits per heavy atom. The molecule has 2 heterocycles. The van der Waals surface area contributed by atoms with Crippen LogP contribution in [-0.2, 0) is 4.79 Å². The van der Waals surface area contributed by atoms with Crippen molar-refractivity contribution in [3.05, 3.63) is 94.5 Å². The Hall–Kier alpha value is -4.19. The van der Waals surface area contributed by atoms with E-state index in [4.69, 9.17) is 9.72 Å². The number of amides is 1. The average Bonchev–Trinajstić information content (AvgIpc) is 3.11. The highest BCUT2D eigenvalue weighted by molar-refractivity contribution is 6.35. The van der Waals surface area contributed by atoms with Crippen LogP contribution in [0, 0.1) is 0 Å². The fourth-order valence-electron chi connectivity index (χ4n) is 4.25. The van der Waals surface area contributed by atoms with Crippen LogP contribution in [0.1, 0.15) is 24.7 Å². The first-order valence-electron chi connectivity index (χ1n) is 10.9. The number of hydrogen-bond acceptors (Lipinski definition) is 4. The predicted molar refractivity (Wildman–Crippen MR) is 131 cm³/mol. The fourth-order valence-corrected chi connectivity index (χ4v) is 4.25. The van der Waals surface area contributed by atoms with Crippen molar-refractivity contribution in [2.24, 2.45) is 0 Å². The highest BCUT2D eigenvalue weighted by Gasteiger charge is 2.31. The van der Waals surface area contributed by atoms with Crippen molar-refractivity contribution in [2.75, 3.05) is 18.6 Å². The molecule has 33 heavy (non-hydrogen) atoms. The Labute approximate surface area is 191 Å². The summed E-state index contributed by atoms with van der Waals surface area (Å²) < 4.78 is 6.81. The molecule has 1 amide bonds. The van der Waals surface area contributed by atoms with Gasteiger partial charge in [0.1, 0.15) is 11.6 Å². The van der Waals surface area contributed by atoms with Crippen molar-refractivity contribution in [1.29, 1.82) is 0 Å². The van der Waals surface area contributed by atoms with Crippen molar-refractivity contribution < 1.29 is 9.53 Å². The van der Waals surface area contributed by atoms with Gasteiger partial charge in [0, 0.05) is 12.1 Å². The maximum absolute atomic E-state index is 13.5. The molecule has 164 valence electrons. The summed E-state index contributed by atoms with van der Waals surface area (Å²) in [5.41, 5.74) is 3.30. The maximum atomic E-state index is 13.5. The van der Waals surface area contributed by atoms with Gasteiger partial charge in [0.05, 0.1) is 35.0 Å². The second-order valence-corrected chi connectivity index (χ2v) is 7.86. The van der Waals surface area contributed by atoms with Gasteiger partial charge >= 0.3 is 0 Å². The van der Waals surface area contributed by atoms with E-state index in [2.05, 4.69) is 0 Å². The van der Waals surface area contributed by atoms with Crippen LogP contribution in [0.5, 0.6) is 5.75 Å². The lowest BCUT2D eigenvalue weighted by Crippen LogP contribution is -2.27. The van der Waals surface area contributed by atoms with Crippen LogP contribution in [-0.4, -0.2) is 29.1 Å². The quantitative estimate of drug-likeness (QED) is 0.425. The molecule has 0 saturated carbocycles. The first kappa shape index (κ1) is 20.7. The van der Waals surface area contributed by atoms with E-state index in [0.29, 0.717) is 40.3 Å². The number of ether oxygens (including phenoxy) is 1. The molecule has 6 heteroatoms. The minimum Gasteiger partial charge on any atom is -0.497 e. The van der Waals surface area contributed by atoms with E-state index in [-0.39, 0.29) is 11.5 Å². The van der Waals surface area contributed by atoms with Gasteiger partial charge < -0.3 is 9.64 Å². The molecule has 0 aliphatic carbocycles. The molecule has 1 aliphatic heterocycles. The summed E-state index contributed by atoms with van der Waals surface area (Å²) in [6, 6.07) is 22.2. The Kier molecular flexibility index (Phi) is 5.26. The van der Waals surface area contributed by atoms with E-state index < -0.39 is 0 Å². The summed E-state index contributed by atoms with van der Waals surface area (Å²) in [5.74, 6) is 1.01. The molecule has 0 radical (unpaired) electrons. The Morgan fingerprint density at radius 3 is 2.42 bits per heavy atom. The van der Waals surface area contributed by atoms with Gasteiger partial charge in [-0.15, -0.1) is 0 Å². The zero-order valence-corrected chi connectivity index (χ0v) is 18.5. The van der Waals surface area contributed by atoms with Crippen LogP contribution < -0.4 is 15.2 Å². The van der Waals surface area contributed by atoms with Gasteiger partial charge in [-0.2, -0.15) is 0 Å². The van der Waals surface area contributed by atoms with E-state index in [9.17, 15) is 9.59 Å². The summed E-state index contributed by atoms with van der Waals surface area (Å²) in [4.78, 5) is 33.5. The van der Waals surface area contributed by atoms with E-state index in [1.807, 2.05) is 61.5 Å². The molecule has 5 rings (SSSR count). The maximum Gasteiger partial charge on any atom is 0.266 e. The molecule has 0 atom stereocenters. The Balaban J connectivity index is 1.77. The molecule has 1 aromatic heterocycles. The van der Waals surface area contributed by atoms with Crippen LogP contribution in [0.25, 0.3) is 28.2 Å². The van der Waals surface area contributed by atoms with Crippen molar-refractivity contribution in [2.45, 2.75) is 13.3 Å². The molecule has 0 fully saturated rings. The van der Waals surface area contributed by atoms with Crippen molar-refractivity contribution in [3.8, 4) is 11.4 Å². The first-order chi connectivity index (χ1) is 16.1. The lowest BCUT2D eigenvalue weighted by Gasteiger charge is -2.15. The van der Waals surface area contributed by atoms with Crippen LogP contribution >= 0.6 is 0 Å². The van der Waals surface area contributed by atoms with Crippen LogP contribution in [0.15, 0.2) is 77.6 Å². The number of benzene rings is 3. The summed E-state index contributed by atoms with van der Waals surface area (Å²) in [6.07, 6.45) is 2.58. The zero-order valence-electron chi connectivity index (χ0n) is 18.5. The molecular formula is C27H23N3O3. The number of carbonyl (C=O) groups excluding carboxylic acids is 1. The monoisotopic (exact) mass is 437 g/mol. The van der Waals surface area contributed by atoms with Gasteiger partial charge in [0.2, 0.25) is 0 Å². The van der Waals surface area contributed by atoms with E-state index in [1.165, 1.54) is 0 Å². The van der Waals surface area contributed by atoms with Gasteiger partial charge in [-0.05, 0) is 55.0 Å². The average molecular weight is 437 g/mol. The highest BCUT2D eigenvalue weighted by Crippen LogP contribution is 2.37. The first-order valence-corrected chi connectivity index (χ1v) is 10.9. The number of anilines is 1. The topological polar surface area (TPSA) is 64.4 Å². The number of methoxy groups -OCH3 is 1. The number of para-hydroxylation sites is 2. The van der Waals surface area contributed by atoms with Gasteiger partial charge in [0.15, 0.2) is 0 Å². The SMILES string of the molecule is CCCN1C(=O)/C(=C\c2nc3ccccc3c(=O)n2-c2ccc(OC)cc2)c2ccccc21. The predicted octanol–water partition coefficient (Wildman–Crippen LogP) is 4.69. The normalized spacial score (nSPS) is 14.2. The number of rotatable bonds is 5. The second kappa shape index (κ2) is 8.39. The molecule has 0 N–H and O–H groups in total. The summed E-state index contributed by atoms with van der Waals surface area (Å²) in [6.45, 7) is 2.67. The van der Waals surface area contributed by atoms with Gasteiger partial charge in [-0.1, -0.05) is 37.3 Å². The van der Waals surface area contributed by atoms with Crippen LogP contribution in [0.2, 0.25) is 0 Å². The third-order valence-corrected chi connectivity index (χ3v) is 5.81. The van der Waals surface area contributed by atoms with Crippen LogP contribution in [0.3, 0.4) is 0 Å². The molecule has 0 unspecified atom stereocenters. The minimum atomic E-state index is -0.193. The molecule has 0 bridgehead atoms. The zero-order chi connectivity index (χ0) is 22.9. The number of aromatic nitrogens is 2. The van der Waals surface area contributed by atoms with E-state index in [0.717, 1.165) is 17.7 Å². The molecule has 6 nitrogen and oxygen atoms in total. The summed E-state index contributed by atoms with van der Waals surface area (Å²) in [5, 5.41) is 0.515. The third kappa shape index (κ3) is 3.49. The van der Waals surface area contributed by atoms with E-state index >= 15 is 0 Å². The highest BCUT2D eigenvalue weighted by atomic mass is 16.5. The van der Waals surface area contributed by atoms with E-state index in [1.54, 1.807) is 40.9 Å². The lowest BCUT2D eigenvalue weighted by atomic mass is 10.1.